The standard InChI is InChI=1S/C28H50O5/c1-3-5-7-8-9-10-11-12-13-14-15-16-17-18-19-20-21-23-28(31)33-26(24-29)25-32-27(30)22-6-4-2/h9-10,12-13,26,29H,3-8,11,14-25H2,1-2H3/b10-9-,13-12-. The van der Waals surface area contributed by atoms with Crippen molar-refractivity contribution in [2.75, 3.05) is 13.2 Å². The first-order valence-corrected chi connectivity index (χ1v) is 13.4. The number of carbonyl (C=O) groups is 2. The van der Waals surface area contributed by atoms with E-state index in [0.29, 0.717) is 12.8 Å². The molecular weight excluding hydrogens is 416 g/mol. The summed E-state index contributed by atoms with van der Waals surface area (Å²) >= 11 is 0. The van der Waals surface area contributed by atoms with E-state index in [4.69, 9.17) is 9.47 Å². The SMILES string of the molecule is CCCCC/C=C\C/C=C\CCCCCCCCCC(=O)OC(CO)COC(=O)CCCC. The second-order valence-corrected chi connectivity index (χ2v) is 8.77. The molecule has 1 N–H and O–H groups in total. The summed E-state index contributed by atoms with van der Waals surface area (Å²) in [5.74, 6) is -0.644. The van der Waals surface area contributed by atoms with Crippen molar-refractivity contribution < 1.29 is 24.2 Å². The molecule has 192 valence electrons. The highest BCUT2D eigenvalue weighted by atomic mass is 16.6. The Balaban J connectivity index is 3.53. The van der Waals surface area contributed by atoms with Crippen LogP contribution in [0.25, 0.3) is 0 Å². The van der Waals surface area contributed by atoms with E-state index >= 15 is 0 Å². The molecule has 0 spiro atoms. The lowest BCUT2D eigenvalue weighted by molar-refractivity contribution is -0.161. The van der Waals surface area contributed by atoms with E-state index in [9.17, 15) is 14.7 Å². The molecule has 0 rings (SSSR count). The van der Waals surface area contributed by atoms with E-state index in [1.807, 2.05) is 6.92 Å². The number of unbranched alkanes of at least 4 members (excludes halogenated alkanes) is 11. The summed E-state index contributed by atoms with van der Waals surface area (Å²) in [4.78, 5) is 23.4. The predicted molar refractivity (Wildman–Crippen MR) is 136 cm³/mol. The maximum absolute atomic E-state index is 11.9. The topological polar surface area (TPSA) is 72.8 Å². The molecule has 0 fully saturated rings. The van der Waals surface area contributed by atoms with Gasteiger partial charge in [0.2, 0.25) is 0 Å². The molecule has 0 aromatic carbocycles. The number of rotatable bonds is 23. The van der Waals surface area contributed by atoms with E-state index in [2.05, 4.69) is 31.2 Å². The zero-order chi connectivity index (χ0) is 24.4. The van der Waals surface area contributed by atoms with Crippen molar-refractivity contribution >= 4 is 11.9 Å². The van der Waals surface area contributed by atoms with Crippen LogP contribution < -0.4 is 0 Å². The van der Waals surface area contributed by atoms with Crippen LogP contribution in [0.5, 0.6) is 0 Å². The first-order chi connectivity index (χ1) is 16.1. The molecule has 0 heterocycles. The number of ether oxygens (including phenoxy) is 2. The van der Waals surface area contributed by atoms with E-state index < -0.39 is 6.10 Å². The van der Waals surface area contributed by atoms with Crippen LogP contribution in [0.3, 0.4) is 0 Å². The van der Waals surface area contributed by atoms with Crippen molar-refractivity contribution in [2.45, 2.75) is 129 Å². The Hall–Kier alpha value is -1.62. The van der Waals surface area contributed by atoms with Gasteiger partial charge in [-0.15, -0.1) is 0 Å². The van der Waals surface area contributed by atoms with Gasteiger partial charge in [0.1, 0.15) is 6.61 Å². The molecule has 0 amide bonds. The first kappa shape index (κ1) is 31.4. The van der Waals surface area contributed by atoms with E-state index in [1.165, 1.54) is 51.4 Å². The fraction of sp³-hybridized carbons (Fsp3) is 0.786. The highest BCUT2D eigenvalue weighted by molar-refractivity contribution is 5.70. The minimum Gasteiger partial charge on any atom is -0.462 e. The molecule has 0 aliphatic carbocycles. The summed E-state index contributed by atoms with van der Waals surface area (Å²) in [6.45, 7) is 3.83. The Morgan fingerprint density at radius 3 is 1.85 bits per heavy atom. The normalized spacial score (nSPS) is 12.5. The molecule has 0 saturated heterocycles. The van der Waals surface area contributed by atoms with Gasteiger partial charge in [0.05, 0.1) is 6.61 Å². The molecule has 0 radical (unpaired) electrons. The number of aliphatic hydroxyl groups is 1. The Bertz CT molecular complexity index is 512. The zero-order valence-corrected chi connectivity index (χ0v) is 21.4. The molecule has 0 saturated carbocycles. The van der Waals surface area contributed by atoms with Gasteiger partial charge in [-0.1, -0.05) is 89.5 Å². The lowest BCUT2D eigenvalue weighted by Crippen LogP contribution is -2.28. The van der Waals surface area contributed by atoms with E-state index in [1.54, 1.807) is 0 Å². The number of hydrogen-bond donors (Lipinski definition) is 1. The average molecular weight is 467 g/mol. The van der Waals surface area contributed by atoms with Crippen molar-refractivity contribution in [1.29, 1.82) is 0 Å². The minimum absolute atomic E-state index is 0.0737. The van der Waals surface area contributed by atoms with E-state index in [0.717, 1.165) is 44.9 Å². The predicted octanol–water partition coefficient (Wildman–Crippen LogP) is 7.22. The number of esters is 2. The van der Waals surface area contributed by atoms with E-state index in [-0.39, 0.29) is 25.2 Å². The van der Waals surface area contributed by atoms with Crippen molar-refractivity contribution in [1.82, 2.24) is 0 Å². The fourth-order valence-electron chi connectivity index (χ4n) is 3.38. The minimum atomic E-state index is -0.765. The number of carbonyl (C=O) groups excluding carboxylic acids is 2. The van der Waals surface area contributed by atoms with Crippen LogP contribution in [0, 0.1) is 0 Å². The highest BCUT2D eigenvalue weighted by Crippen LogP contribution is 2.11. The maximum atomic E-state index is 11.9. The molecule has 0 aliphatic heterocycles. The van der Waals surface area contributed by atoms with Gasteiger partial charge in [-0.05, 0) is 44.9 Å². The first-order valence-electron chi connectivity index (χ1n) is 13.4. The van der Waals surface area contributed by atoms with Gasteiger partial charge in [0, 0.05) is 12.8 Å². The van der Waals surface area contributed by atoms with Gasteiger partial charge < -0.3 is 14.6 Å². The number of hydrogen-bond acceptors (Lipinski definition) is 5. The van der Waals surface area contributed by atoms with Gasteiger partial charge in [-0.2, -0.15) is 0 Å². The molecule has 0 aromatic rings. The largest absolute Gasteiger partial charge is 0.462 e. The summed E-state index contributed by atoms with van der Waals surface area (Å²) in [6.07, 6.45) is 26.0. The summed E-state index contributed by atoms with van der Waals surface area (Å²) < 4.78 is 10.3. The molecule has 5 heteroatoms. The summed E-state index contributed by atoms with van der Waals surface area (Å²) in [5, 5.41) is 9.31. The Kier molecular flexibility index (Phi) is 23.8. The second-order valence-electron chi connectivity index (χ2n) is 8.77. The van der Waals surface area contributed by atoms with Crippen LogP contribution in [0.1, 0.15) is 123 Å². The van der Waals surface area contributed by atoms with Crippen molar-refractivity contribution in [3.63, 3.8) is 0 Å². The Labute approximate surface area is 203 Å². The molecule has 0 aromatic heterocycles. The van der Waals surface area contributed by atoms with Gasteiger partial charge in [0.15, 0.2) is 6.10 Å². The molecule has 1 atom stereocenters. The summed E-state index contributed by atoms with van der Waals surface area (Å²) in [5.41, 5.74) is 0. The quantitative estimate of drug-likeness (QED) is 0.0977. The molecule has 33 heavy (non-hydrogen) atoms. The van der Waals surface area contributed by atoms with Crippen LogP contribution in [0.2, 0.25) is 0 Å². The smallest absolute Gasteiger partial charge is 0.306 e. The van der Waals surface area contributed by atoms with Crippen LogP contribution in [-0.2, 0) is 19.1 Å². The Morgan fingerprint density at radius 1 is 0.697 bits per heavy atom. The summed E-state index contributed by atoms with van der Waals surface area (Å²) in [6, 6.07) is 0. The van der Waals surface area contributed by atoms with Crippen molar-refractivity contribution in [2.24, 2.45) is 0 Å². The van der Waals surface area contributed by atoms with Crippen LogP contribution >= 0.6 is 0 Å². The summed E-state index contributed by atoms with van der Waals surface area (Å²) in [7, 11) is 0. The van der Waals surface area contributed by atoms with Crippen LogP contribution in [0.15, 0.2) is 24.3 Å². The third-order valence-corrected chi connectivity index (χ3v) is 5.50. The van der Waals surface area contributed by atoms with Gasteiger partial charge in [-0.25, -0.2) is 0 Å². The van der Waals surface area contributed by atoms with Gasteiger partial charge >= 0.3 is 11.9 Å². The molecule has 0 aliphatic rings. The molecule has 1 unspecified atom stereocenters. The molecule has 0 bridgehead atoms. The molecule has 5 nitrogen and oxygen atoms in total. The third-order valence-electron chi connectivity index (χ3n) is 5.50. The monoisotopic (exact) mass is 466 g/mol. The maximum Gasteiger partial charge on any atom is 0.306 e. The lowest BCUT2D eigenvalue weighted by Gasteiger charge is -2.15. The fourth-order valence-corrected chi connectivity index (χ4v) is 3.38. The zero-order valence-electron chi connectivity index (χ0n) is 21.4. The van der Waals surface area contributed by atoms with Gasteiger partial charge in [0.25, 0.3) is 0 Å². The Morgan fingerprint density at radius 2 is 1.24 bits per heavy atom. The van der Waals surface area contributed by atoms with Crippen LogP contribution in [-0.4, -0.2) is 36.4 Å². The van der Waals surface area contributed by atoms with Crippen LogP contribution in [0.4, 0.5) is 0 Å². The number of aliphatic hydroxyl groups excluding tert-OH is 1. The second kappa shape index (κ2) is 25.0. The van der Waals surface area contributed by atoms with Gasteiger partial charge in [-0.3, -0.25) is 9.59 Å². The number of allylic oxidation sites excluding steroid dienone is 4. The average Bonchev–Trinajstić information content (AvgIpc) is 2.82. The third kappa shape index (κ3) is 23.3. The lowest BCUT2D eigenvalue weighted by atomic mass is 10.1. The van der Waals surface area contributed by atoms with Crippen molar-refractivity contribution in [3.05, 3.63) is 24.3 Å². The highest BCUT2D eigenvalue weighted by Gasteiger charge is 2.15. The molecular formula is C28H50O5. The van der Waals surface area contributed by atoms with Crippen molar-refractivity contribution in [3.8, 4) is 0 Å².